The van der Waals surface area contributed by atoms with E-state index in [1.165, 1.54) is 0 Å². The molecule has 3 rings (SSSR count). The summed E-state index contributed by atoms with van der Waals surface area (Å²) in [5.74, 6) is -0.248. The first-order chi connectivity index (χ1) is 12.1. The number of aliphatic hydroxyl groups excluding tert-OH is 1. The van der Waals surface area contributed by atoms with E-state index in [-0.39, 0.29) is 11.9 Å². The topological polar surface area (TPSA) is 79.2 Å². The van der Waals surface area contributed by atoms with Gasteiger partial charge in [0.2, 0.25) is 0 Å². The van der Waals surface area contributed by atoms with E-state index in [4.69, 9.17) is 0 Å². The minimum absolute atomic E-state index is 0.248. The van der Waals surface area contributed by atoms with Crippen molar-refractivity contribution >= 4 is 5.91 Å². The van der Waals surface area contributed by atoms with Crippen molar-refractivity contribution in [3.05, 3.63) is 53.9 Å². The number of nitrogens with zero attached hydrogens (tertiary/aromatic N) is 2. The van der Waals surface area contributed by atoms with Crippen molar-refractivity contribution < 1.29 is 9.90 Å². The molecule has 3 atom stereocenters. The van der Waals surface area contributed by atoms with Crippen LogP contribution in [0.15, 0.2) is 42.6 Å². The average Bonchev–Trinajstić information content (AvgIpc) is 3.13. The first-order valence-electron chi connectivity index (χ1n) is 8.92. The van der Waals surface area contributed by atoms with Gasteiger partial charge in [-0.25, -0.2) is 0 Å². The van der Waals surface area contributed by atoms with Crippen LogP contribution in [0.5, 0.6) is 0 Å². The Bertz CT molecular complexity index is 680. The number of rotatable bonds is 6. The van der Waals surface area contributed by atoms with Crippen LogP contribution in [0.3, 0.4) is 0 Å². The SMILES string of the molecule is CC(NC(=O)c1ccn(C2CCCNC2)n1)C(O)Cc1ccccc1. The maximum Gasteiger partial charge on any atom is 0.272 e. The monoisotopic (exact) mass is 342 g/mol. The zero-order chi connectivity index (χ0) is 17.6. The molecular weight excluding hydrogens is 316 g/mol. The number of piperidine rings is 1. The van der Waals surface area contributed by atoms with Gasteiger partial charge >= 0.3 is 0 Å². The van der Waals surface area contributed by atoms with E-state index in [0.717, 1.165) is 31.5 Å². The second kappa shape index (κ2) is 8.27. The van der Waals surface area contributed by atoms with Crippen LogP contribution in [0.2, 0.25) is 0 Å². The Labute approximate surface area is 148 Å². The standard InChI is InChI=1S/C19H26N4O2/c1-14(18(24)12-15-6-3-2-4-7-15)21-19(25)17-9-11-23(22-17)16-8-5-10-20-13-16/h2-4,6-7,9,11,14,16,18,20,24H,5,8,10,12-13H2,1H3,(H,21,25). The summed E-state index contributed by atoms with van der Waals surface area (Å²) in [7, 11) is 0. The lowest BCUT2D eigenvalue weighted by Crippen LogP contribution is -2.42. The minimum Gasteiger partial charge on any atom is -0.391 e. The van der Waals surface area contributed by atoms with Gasteiger partial charge in [-0.05, 0) is 37.9 Å². The molecule has 3 unspecified atom stereocenters. The Morgan fingerprint density at radius 2 is 2.20 bits per heavy atom. The second-order valence-electron chi connectivity index (χ2n) is 6.70. The van der Waals surface area contributed by atoms with Gasteiger partial charge in [0, 0.05) is 19.2 Å². The van der Waals surface area contributed by atoms with Gasteiger partial charge in [-0.15, -0.1) is 0 Å². The normalized spacial score (nSPS) is 20.0. The van der Waals surface area contributed by atoms with Crippen LogP contribution < -0.4 is 10.6 Å². The van der Waals surface area contributed by atoms with Gasteiger partial charge in [-0.1, -0.05) is 30.3 Å². The van der Waals surface area contributed by atoms with Crippen molar-refractivity contribution in [2.75, 3.05) is 13.1 Å². The van der Waals surface area contributed by atoms with Crippen molar-refractivity contribution in [1.82, 2.24) is 20.4 Å². The molecule has 1 aliphatic heterocycles. The summed E-state index contributed by atoms with van der Waals surface area (Å²) in [4.78, 5) is 12.4. The molecule has 0 spiro atoms. The molecule has 6 nitrogen and oxygen atoms in total. The van der Waals surface area contributed by atoms with E-state index in [9.17, 15) is 9.90 Å². The molecule has 3 N–H and O–H groups in total. The largest absolute Gasteiger partial charge is 0.391 e. The number of aromatic nitrogens is 2. The number of carbonyl (C=O) groups excluding carboxylic acids is 1. The van der Waals surface area contributed by atoms with Gasteiger partial charge < -0.3 is 15.7 Å². The fourth-order valence-electron chi connectivity index (χ4n) is 3.13. The van der Waals surface area contributed by atoms with Crippen molar-refractivity contribution in [3.8, 4) is 0 Å². The molecule has 0 aliphatic carbocycles. The predicted octanol–water partition coefficient (Wildman–Crippen LogP) is 1.53. The smallest absolute Gasteiger partial charge is 0.272 e. The molecule has 0 radical (unpaired) electrons. The van der Waals surface area contributed by atoms with Crippen LogP contribution in [0.1, 0.15) is 41.9 Å². The highest BCUT2D eigenvalue weighted by atomic mass is 16.3. The quantitative estimate of drug-likeness (QED) is 0.744. The summed E-state index contributed by atoms with van der Waals surface area (Å²) in [6, 6.07) is 11.5. The molecule has 6 heteroatoms. The summed E-state index contributed by atoms with van der Waals surface area (Å²) >= 11 is 0. The molecule has 1 saturated heterocycles. The summed E-state index contributed by atoms with van der Waals surface area (Å²) in [5.41, 5.74) is 1.44. The molecule has 1 fully saturated rings. The third-order valence-electron chi connectivity index (χ3n) is 4.71. The highest BCUT2D eigenvalue weighted by molar-refractivity contribution is 5.92. The first-order valence-corrected chi connectivity index (χ1v) is 8.92. The molecule has 1 aromatic carbocycles. The van der Waals surface area contributed by atoms with E-state index in [0.29, 0.717) is 18.2 Å². The predicted molar refractivity (Wildman–Crippen MR) is 96.4 cm³/mol. The van der Waals surface area contributed by atoms with Gasteiger partial charge in [0.25, 0.3) is 5.91 Å². The first kappa shape index (κ1) is 17.6. The average molecular weight is 342 g/mol. The lowest BCUT2D eigenvalue weighted by molar-refractivity contribution is 0.0846. The molecule has 1 aliphatic rings. The molecule has 2 aromatic rings. The summed E-state index contributed by atoms with van der Waals surface area (Å²) in [6.07, 6.45) is 3.91. The summed E-state index contributed by atoms with van der Waals surface area (Å²) < 4.78 is 1.87. The maximum atomic E-state index is 12.4. The third-order valence-corrected chi connectivity index (χ3v) is 4.71. The number of hydrogen-bond acceptors (Lipinski definition) is 4. The van der Waals surface area contributed by atoms with E-state index >= 15 is 0 Å². The Balaban J connectivity index is 1.55. The molecule has 0 bridgehead atoms. The second-order valence-corrected chi connectivity index (χ2v) is 6.70. The Morgan fingerprint density at radius 3 is 2.92 bits per heavy atom. The van der Waals surface area contributed by atoms with Crippen LogP contribution >= 0.6 is 0 Å². The van der Waals surface area contributed by atoms with Gasteiger partial charge in [0.1, 0.15) is 5.69 Å². The molecular formula is C19H26N4O2. The lowest BCUT2D eigenvalue weighted by Gasteiger charge is -2.23. The zero-order valence-corrected chi connectivity index (χ0v) is 14.6. The van der Waals surface area contributed by atoms with E-state index < -0.39 is 6.10 Å². The fourth-order valence-corrected chi connectivity index (χ4v) is 3.13. The van der Waals surface area contributed by atoms with E-state index in [1.807, 2.05) is 48.1 Å². The number of carbonyl (C=O) groups is 1. The summed E-state index contributed by atoms with van der Waals surface area (Å²) in [5, 5.41) is 20.9. The van der Waals surface area contributed by atoms with Crippen molar-refractivity contribution in [2.24, 2.45) is 0 Å². The number of aliphatic hydroxyl groups is 1. The minimum atomic E-state index is -0.643. The van der Waals surface area contributed by atoms with Crippen molar-refractivity contribution in [1.29, 1.82) is 0 Å². The van der Waals surface area contributed by atoms with Crippen molar-refractivity contribution in [2.45, 2.75) is 44.4 Å². The molecule has 1 amide bonds. The van der Waals surface area contributed by atoms with Crippen LogP contribution in [0.25, 0.3) is 0 Å². The van der Waals surface area contributed by atoms with Crippen molar-refractivity contribution in [3.63, 3.8) is 0 Å². The zero-order valence-electron chi connectivity index (χ0n) is 14.6. The van der Waals surface area contributed by atoms with Gasteiger partial charge in [-0.3, -0.25) is 9.48 Å². The van der Waals surface area contributed by atoms with Gasteiger partial charge in [0.05, 0.1) is 18.2 Å². The number of hydrogen-bond donors (Lipinski definition) is 3. The van der Waals surface area contributed by atoms with Crippen LogP contribution in [-0.4, -0.2) is 46.0 Å². The maximum absolute atomic E-state index is 12.4. The molecule has 0 saturated carbocycles. The third kappa shape index (κ3) is 4.67. The van der Waals surface area contributed by atoms with Gasteiger partial charge in [0.15, 0.2) is 0 Å². The highest BCUT2D eigenvalue weighted by Crippen LogP contribution is 2.16. The molecule has 25 heavy (non-hydrogen) atoms. The molecule has 1 aromatic heterocycles. The lowest BCUT2D eigenvalue weighted by atomic mass is 10.0. The number of amides is 1. The highest BCUT2D eigenvalue weighted by Gasteiger charge is 2.21. The van der Waals surface area contributed by atoms with Crippen LogP contribution in [0, 0.1) is 0 Å². The number of benzene rings is 1. The fraction of sp³-hybridized carbons (Fsp3) is 0.474. The van der Waals surface area contributed by atoms with Gasteiger partial charge in [-0.2, -0.15) is 5.10 Å². The van der Waals surface area contributed by atoms with Crippen LogP contribution in [0.4, 0.5) is 0 Å². The Morgan fingerprint density at radius 1 is 1.40 bits per heavy atom. The Hall–Kier alpha value is -2.18. The van der Waals surface area contributed by atoms with E-state index in [2.05, 4.69) is 15.7 Å². The Kier molecular flexibility index (Phi) is 5.83. The van der Waals surface area contributed by atoms with Crippen LogP contribution in [-0.2, 0) is 6.42 Å². The number of nitrogens with one attached hydrogen (secondary N) is 2. The molecule has 2 heterocycles. The summed E-state index contributed by atoms with van der Waals surface area (Å²) in [6.45, 7) is 3.74. The molecule has 134 valence electrons. The van der Waals surface area contributed by atoms with E-state index in [1.54, 1.807) is 6.07 Å².